The molecule has 6 heteroatoms. The minimum atomic E-state index is -4.71. The second-order valence-electron chi connectivity index (χ2n) is 6.42. The van der Waals surface area contributed by atoms with E-state index in [1.807, 2.05) is 49.4 Å². The first-order valence-electron chi connectivity index (χ1n) is 8.64. The van der Waals surface area contributed by atoms with Crippen LogP contribution in [0.4, 0.5) is 18.9 Å². The van der Waals surface area contributed by atoms with Crippen molar-refractivity contribution in [3.63, 3.8) is 0 Å². The SMILES string of the molecule is CC(C(=N)c1ccccc1N)c1cccc(-c2ccc(OC(F)(F)F)cc2)c1. The normalized spacial score (nSPS) is 12.4. The number of nitrogen functional groups attached to an aromatic ring is 1. The van der Waals surface area contributed by atoms with Crippen molar-refractivity contribution < 1.29 is 17.9 Å². The van der Waals surface area contributed by atoms with Crippen LogP contribution in [-0.2, 0) is 0 Å². The van der Waals surface area contributed by atoms with Gasteiger partial charge in [-0.2, -0.15) is 0 Å². The molecule has 3 nitrogen and oxygen atoms in total. The second-order valence-corrected chi connectivity index (χ2v) is 6.42. The van der Waals surface area contributed by atoms with Gasteiger partial charge in [-0.25, -0.2) is 0 Å². The number of nitrogens with two attached hydrogens (primary N) is 1. The number of nitrogens with one attached hydrogen (secondary N) is 1. The highest BCUT2D eigenvalue weighted by Gasteiger charge is 2.31. The van der Waals surface area contributed by atoms with Crippen molar-refractivity contribution in [2.45, 2.75) is 19.2 Å². The second kappa shape index (κ2) is 7.76. The summed E-state index contributed by atoms with van der Waals surface area (Å²) in [5.41, 5.74) is 10.2. The standard InChI is InChI=1S/C22H19F3N2O/c1-14(21(27)19-7-2-3-8-20(19)26)16-5-4-6-17(13-16)15-9-11-18(12-10-15)28-22(23,24)25/h2-14,27H,26H2,1H3. The van der Waals surface area contributed by atoms with Crippen LogP contribution in [0.15, 0.2) is 72.8 Å². The maximum absolute atomic E-state index is 12.3. The van der Waals surface area contributed by atoms with Gasteiger partial charge in [0.2, 0.25) is 0 Å². The first-order valence-corrected chi connectivity index (χ1v) is 8.64. The van der Waals surface area contributed by atoms with Crippen molar-refractivity contribution in [2.75, 3.05) is 5.73 Å². The monoisotopic (exact) mass is 384 g/mol. The van der Waals surface area contributed by atoms with Gasteiger partial charge in [-0.3, -0.25) is 0 Å². The topological polar surface area (TPSA) is 59.1 Å². The molecule has 144 valence electrons. The van der Waals surface area contributed by atoms with Gasteiger partial charge in [0, 0.05) is 22.9 Å². The zero-order valence-electron chi connectivity index (χ0n) is 15.1. The summed E-state index contributed by atoms with van der Waals surface area (Å²) in [6, 6.07) is 20.5. The van der Waals surface area contributed by atoms with E-state index in [2.05, 4.69) is 4.74 Å². The number of ether oxygens (including phenoxy) is 1. The van der Waals surface area contributed by atoms with E-state index in [0.29, 0.717) is 17.0 Å². The predicted molar refractivity (Wildman–Crippen MR) is 105 cm³/mol. The number of para-hydroxylation sites is 1. The molecule has 3 aromatic rings. The summed E-state index contributed by atoms with van der Waals surface area (Å²) in [5, 5.41) is 8.50. The van der Waals surface area contributed by atoms with Crippen molar-refractivity contribution in [1.82, 2.24) is 0 Å². The maximum Gasteiger partial charge on any atom is 0.573 e. The number of anilines is 1. The minimum Gasteiger partial charge on any atom is -0.406 e. The molecule has 28 heavy (non-hydrogen) atoms. The lowest BCUT2D eigenvalue weighted by Crippen LogP contribution is -2.16. The highest BCUT2D eigenvalue weighted by Crippen LogP contribution is 2.30. The van der Waals surface area contributed by atoms with E-state index in [4.69, 9.17) is 11.1 Å². The first-order chi connectivity index (χ1) is 13.2. The lowest BCUT2D eigenvalue weighted by molar-refractivity contribution is -0.274. The van der Waals surface area contributed by atoms with Gasteiger partial charge in [0.05, 0.1) is 0 Å². The number of hydrogen-bond donors (Lipinski definition) is 2. The fourth-order valence-electron chi connectivity index (χ4n) is 2.98. The summed E-state index contributed by atoms with van der Waals surface area (Å²) in [4.78, 5) is 0. The van der Waals surface area contributed by atoms with Gasteiger partial charge in [-0.15, -0.1) is 13.2 Å². The lowest BCUT2D eigenvalue weighted by Gasteiger charge is -2.16. The van der Waals surface area contributed by atoms with Crippen molar-refractivity contribution in [3.05, 3.63) is 83.9 Å². The number of halogens is 3. The molecule has 0 saturated carbocycles. The summed E-state index contributed by atoms with van der Waals surface area (Å²) in [5.74, 6) is -0.459. The van der Waals surface area contributed by atoms with Gasteiger partial charge in [0.25, 0.3) is 0 Å². The Morgan fingerprint density at radius 3 is 2.25 bits per heavy atom. The van der Waals surface area contributed by atoms with Gasteiger partial charge >= 0.3 is 6.36 Å². The Hall–Kier alpha value is -3.28. The highest BCUT2D eigenvalue weighted by molar-refractivity contribution is 6.06. The van der Waals surface area contributed by atoms with Crippen LogP contribution in [0.2, 0.25) is 0 Å². The van der Waals surface area contributed by atoms with Crippen LogP contribution in [0.3, 0.4) is 0 Å². The fourth-order valence-corrected chi connectivity index (χ4v) is 2.98. The molecule has 1 atom stereocenters. The zero-order chi connectivity index (χ0) is 20.3. The van der Waals surface area contributed by atoms with Gasteiger partial charge in [0.1, 0.15) is 5.75 Å². The average Bonchev–Trinajstić information content (AvgIpc) is 2.67. The number of rotatable bonds is 5. The molecule has 0 radical (unpaired) electrons. The summed E-state index contributed by atoms with van der Waals surface area (Å²) in [7, 11) is 0. The molecule has 0 aliphatic rings. The Morgan fingerprint density at radius 2 is 1.61 bits per heavy atom. The van der Waals surface area contributed by atoms with E-state index in [1.165, 1.54) is 12.1 Å². The van der Waals surface area contributed by atoms with Gasteiger partial charge in [-0.05, 0) is 34.9 Å². The van der Waals surface area contributed by atoms with E-state index >= 15 is 0 Å². The molecule has 0 amide bonds. The van der Waals surface area contributed by atoms with Gasteiger partial charge in [-0.1, -0.05) is 61.5 Å². The molecule has 0 bridgehead atoms. The van der Waals surface area contributed by atoms with Crippen LogP contribution in [0.5, 0.6) is 5.75 Å². The zero-order valence-corrected chi connectivity index (χ0v) is 15.1. The Balaban J connectivity index is 1.84. The molecule has 0 fully saturated rings. The first kappa shape index (κ1) is 19.5. The predicted octanol–water partition coefficient (Wildman–Crippen LogP) is 6.01. The minimum absolute atomic E-state index is 0.197. The van der Waals surface area contributed by atoms with Gasteiger partial charge in [0.15, 0.2) is 0 Å². The Kier molecular flexibility index (Phi) is 5.40. The van der Waals surface area contributed by atoms with Crippen LogP contribution < -0.4 is 10.5 Å². The molecular formula is C22H19F3N2O. The van der Waals surface area contributed by atoms with Crippen LogP contribution in [0.1, 0.15) is 24.0 Å². The van der Waals surface area contributed by atoms with Crippen molar-refractivity contribution in [1.29, 1.82) is 5.41 Å². The van der Waals surface area contributed by atoms with E-state index in [-0.39, 0.29) is 11.7 Å². The molecule has 0 saturated heterocycles. The third kappa shape index (κ3) is 4.52. The Bertz CT molecular complexity index is 982. The van der Waals surface area contributed by atoms with E-state index in [0.717, 1.165) is 16.7 Å². The van der Waals surface area contributed by atoms with Gasteiger partial charge < -0.3 is 15.9 Å². The largest absolute Gasteiger partial charge is 0.573 e. The van der Waals surface area contributed by atoms with Crippen molar-refractivity contribution in [3.8, 4) is 16.9 Å². The van der Waals surface area contributed by atoms with Crippen LogP contribution in [-0.4, -0.2) is 12.1 Å². The molecule has 1 unspecified atom stereocenters. The Labute approximate surface area is 161 Å². The molecule has 0 heterocycles. The molecular weight excluding hydrogens is 365 g/mol. The number of benzene rings is 3. The molecule has 0 aliphatic heterocycles. The number of alkyl halides is 3. The average molecular weight is 384 g/mol. The molecule has 0 spiro atoms. The lowest BCUT2D eigenvalue weighted by atomic mass is 9.89. The van der Waals surface area contributed by atoms with Crippen LogP contribution in [0.25, 0.3) is 11.1 Å². The number of hydrogen-bond acceptors (Lipinski definition) is 3. The smallest absolute Gasteiger partial charge is 0.406 e. The quantitative estimate of drug-likeness (QED) is 0.418. The van der Waals surface area contributed by atoms with E-state index in [1.54, 1.807) is 18.2 Å². The Morgan fingerprint density at radius 1 is 0.929 bits per heavy atom. The molecule has 3 aromatic carbocycles. The summed E-state index contributed by atoms with van der Waals surface area (Å²) in [6.07, 6.45) is -4.71. The van der Waals surface area contributed by atoms with Crippen molar-refractivity contribution in [2.24, 2.45) is 0 Å². The highest BCUT2D eigenvalue weighted by atomic mass is 19.4. The van der Waals surface area contributed by atoms with Crippen LogP contribution in [0, 0.1) is 5.41 Å². The van der Waals surface area contributed by atoms with E-state index in [9.17, 15) is 13.2 Å². The third-order valence-electron chi connectivity index (χ3n) is 4.49. The maximum atomic E-state index is 12.3. The molecule has 0 aliphatic carbocycles. The molecule has 3 N–H and O–H groups in total. The van der Waals surface area contributed by atoms with Crippen LogP contribution >= 0.6 is 0 Å². The molecule has 0 aromatic heterocycles. The fraction of sp³-hybridized carbons (Fsp3) is 0.136. The van der Waals surface area contributed by atoms with Crippen molar-refractivity contribution >= 4 is 11.4 Å². The third-order valence-corrected chi connectivity index (χ3v) is 4.49. The van der Waals surface area contributed by atoms with E-state index < -0.39 is 6.36 Å². The molecule has 3 rings (SSSR count). The summed E-state index contributed by atoms with van der Waals surface area (Å²) < 4.78 is 40.8. The summed E-state index contributed by atoms with van der Waals surface area (Å²) >= 11 is 0. The summed E-state index contributed by atoms with van der Waals surface area (Å²) in [6.45, 7) is 1.92.